The minimum atomic E-state index is -0.0224. The van der Waals surface area contributed by atoms with Crippen LogP contribution in [0.3, 0.4) is 0 Å². The summed E-state index contributed by atoms with van der Waals surface area (Å²) in [7, 11) is 0. The molecule has 0 N–H and O–H groups in total. The molecule has 2 aromatic heterocycles. The van der Waals surface area contributed by atoms with Crippen LogP contribution in [-0.2, 0) is 19.6 Å². The molecule has 1 aliphatic heterocycles. The van der Waals surface area contributed by atoms with Gasteiger partial charge in [-0.2, -0.15) is 5.10 Å². The Morgan fingerprint density at radius 2 is 1.83 bits per heavy atom. The predicted octanol–water partition coefficient (Wildman–Crippen LogP) is 4.32. The molecule has 0 saturated carbocycles. The highest BCUT2D eigenvalue weighted by Crippen LogP contribution is 2.27. The van der Waals surface area contributed by atoms with Crippen LogP contribution in [0.5, 0.6) is 5.75 Å². The third-order valence-electron chi connectivity index (χ3n) is 6.29. The maximum absolute atomic E-state index is 13.6. The third-order valence-corrected chi connectivity index (χ3v) is 6.29. The van der Waals surface area contributed by atoms with Crippen molar-refractivity contribution in [2.24, 2.45) is 0 Å². The van der Waals surface area contributed by atoms with Crippen LogP contribution < -0.4 is 4.74 Å². The highest BCUT2D eigenvalue weighted by Gasteiger charge is 2.24. The normalized spacial score (nSPS) is 13.3. The second kappa shape index (κ2) is 10.5. The number of hydrogen-bond donors (Lipinski definition) is 0. The van der Waals surface area contributed by atoms with Crippen molar-refractivity contribution < 1.29 is 9.53 Å². The average Bonchev–Trinajstić information content (AvgIpc) is 3.35. The zero-order valence-corrected chi connectivity index (χ0v) is 19.9. The highest BCUT2D eigenvalue weighted by atomic mass is 16.5. The first-order valence-electron chi connectivity index (χ1n) is 12.0. The summed E-state index contributed by atoms with van der Waals surface area (Å²) in [6.45, 7) is 6.29. The quantitative estimate of drug-likeness (QED) is 0.405. The van der Waals surface area contributed by atoms with Crippen LogP contribution in [0.25, 0.3) is 5.69 Å². The molecular formula is C28H29N5O2. The van der Waals surface area contributed by atoms with Crippen LogP contribution >= 0.6 is 0 Å². The first-order chi connectivity index (χ1) is 17.2. The number of carbonyl (C=O) groups excluding carboxylic acids is 1. The second-order valence-corrected chi connectivity index (χ2v) is 8.64. The summed E-state index contributed by atoms with van der Waals surface area (Å²) in [4.78, 5) is 22.0. The summed E-state index contributed by atoms with van der Waals surface area (Å²) in [5.41, 5.74) is 4.88. The van der Waals surface area contributed by atoms with Gasteiger partial charge in [-0.25, -0.2) is 4.68 Å². The lowest BCUT2D eigenvalue weighted by Crippen LogP contribution is -2.33. The topological polar surface area (TPSA) is 63.5 Å². The summed E-state index contributed by atoms with van der Waals surface area (Å²) in [5, 5.41) is 4.32. The fourth-order valence-corrected chi connectivity index (χ4v) is 4.44. The molecule has 0 bridgehead atoms. The van der Waals surface area contributed by atoms with E-state index >= 15 is 0 Å². The Morgan fingerprint density at radius 3 is 2.63 bits per heavy atom. The molecule has 178 valence electrons. The lowest BCUT2D eigenvalue weighted by Gasteiger charge is -2.23. The van der Waals surface area contributed by atoms with E-state index in [0.717, 1.165) is 36.6 Å². The molecule has 4 aromatic rings. The number of benzene rings is 2. The zero-order valence-electron chi connectivity index (χ0n) is 19.9. The van der Waals surface area contributed by atoms with Gasteiger partial charge < -0.3 is 9.64 Å². The molecule has 0 fully saturated rings. The molecule has 1 amide bonds. The first-order valence-corrected chi connectivity index (χ1v) is 12.0. The summed E-state index contributed by atoms with van der Waals surface area (Å²) in [5.74, 6) is 0.826. The number of pyridine rings is 1. The number of carbonyl (C=O) groups is 1. The monoisotopic (exact) mass is 467 g/mol. The molecular weight excluding hydrogens is 438 g/mol. The van der Waals surface area contributed by atoms with E-state index in [1.807, 2.05) is 59.9 Å². The standard InChI is InChI=1S/C28H29N5O2/c1-2-31(19-22-10-13-29-14-11-22)20-23-8-9-27-24(18-23)21-32(16-17-35-27)28(34)25-6-3-4-7-26(25)33-15-5-12-30-33/h3-15,18H,2,16-17,19-21H2,1H3. The molecule has 35 heavy (non-hydrogen) atoms. The van der Waals surface area contributed by atoms with Crippen LogP contribution in [-0.4, -0.2) is 50.2 Å². The van der Waals surface area contributed by atoms with E-state index in [1.165, 1.54) is 11.1 Å². The van der Waals surface area contributed by atoms with Gasteiger partial charge in [-0.15, -0.1) is 0 Å². The van der Waals surface area contributed by atoms with E-state index in [-0.39, 0.29) is 5.91 Å². The van der Waals surface area contributed by atoms with Gasteiger partial charge in [0.2, 0.25) is 0 Å². The maximum atomic E-state index is 13.6. The Balaban J connectivity index is 1.35. The number of rotatable bonds is 7. The number of ether oxygens (including phenoxy) is 1. The SMILES string of the molecule is CCN(Cc1ccncc1)Cc1ccc2c(c1)CN(C(=O)c1ccccc1-n1cccn1)CCO2. The Kier molecular flexibility index (Phi) is 6.86. The number of amides is 1. The summed E-state index contributed by atoms with van der Waals surface area (Å²) < 4.78 is 7.75. The van der Waals surface area contributed by atoms with Crippen molar-refractivity contribution in [3.63, 3.8) is 0 Å². The highest BCUT2D eigenvalue weighted by molar-refractivity contribution is 5.97. The minimum Gasteiger partial charge on any atom is -0.491 e. The Bertz CT molecular complexity index is 1270. The number of para-hydroxylation sites is 1. The van der Waals surface area contributed by atoms with E-state index in [0.29, 0.717) is 25.3 Å². The largest absolute Gasteiger partial charge is 0.491 e. The maximum Gasteiger partial charge on any atom is 0.256 e. The Hall–Kier alpha value is -3.97. The first kappa shape index (κ1) is 22.8. The Morgan fingerprint density at radius 1 is 1.00 bits per heavy atom. The number of aromatic nitrogens is 3. The molecule has 7 nitrogen and oxygen atoms in total. The van der Waals surface area contributed by atoms with Gasteiger partial charge in [0.1, 0.15) is 12.4 Å². The van der Waals surface area contributed by atoms with Crippen LogP contribution in [0, 0.1) is 0 Å². The van der Waals surface area contributed by atoms with Crippen molar-refractivity contribution in [1.29, 1.82) is 0 Å². The van der Waals surface area contributed by atoms with E-state index in [4.69, 9.17) is 4.74 Å². The molecule has 0 aliphatic carbocycles. The van der Waals surface area contributed by atoms with E-state index in [9.17, 15) is 4.79 Å². The lowest BCUT2D eigenvalue weighted by atomic mass is 10.1. The van der Waals surface area contributed by atoms with Gasteiger partial charge in [-0.3, -0.25) is 14.7 Å². The van der Waals surface area contributed by atoms with Gasteiger partial charge in [0.25, 0.3) is 5.91 Å². The van der Waals surface area contributed by atoms with Crippen molar-refractivity contribution in [2.45, 2.75) is 26.6 Å². The van der Waals surface area contributed by atoms with Gasteiger partial charge in [0, 0.05) is 50.0 Å². The van der Waals surface area contributed by atoms with Crippen LogP contribution in [0.4, 0.5) is 0 Å². The van der Waals surface area contributed by atoms with E-state index in [1.54, 1.807) is 10.9 Å². The Labute approximate surface area is 205 Å². The third kappa shape index (κ3) is 5.25. The fourth-order valence-electron chi connectivity index (χ4n) is 4.44. The summed E-state index contributed by atoms with van der Waals surface area (Å²) in [6.07, 6.45) is 7.23. The molecule has 5 rings (SSSR count). The van der Waals surface area contributed by atoms with E-state index in [2.05, 4.69) is 46.2 Å². The van der Waals surface area contributed by atoms with Crippen molar-refractivity contribution in [3.8, 4) is 11.4 Å². The second-order valence-electron chi connectivity index (χ2n) is 8.64. The number of fused-ring (bicyclic) bond motifs is 1. The van der Waals surface area contributed by atoms with Crippen molar-refractivity contribution in [3.05, 3.63) is 108 Å². The zero-order chi connectivity index (χ0) is 24.0. The molecule has 1 aliphatic rings. The molecule has 0 radical (unpaired) electrons. The van der Waals surface area contributed by atoms with Gasteiger partial charge in [0.05, 0.1) is 17.8 Å². The number of hydrogen-bond acceptors (Lipinski definition) is 5. The molecule has 0 unspecified atom stereocenters. The molecule has 3 heterocycles. The van der Waals surface area contributed by atoms with Crippen molar-refractivity contribution in [2.75, 3.05) is 19.7 Å². The smallest absolute Gasteiger partial charge is 0.256 e. The van der Waals surface area contributed by atoms with Gasteiger partial charge in [-0.05, 0) is 60.1 Å². The number of nitrogens with zero attached hydrogens (tertiary/aromatic N) is 5. The molecule has 7 heteroatoms. The van der Waals surface area contributed by atoms with Gasteiger partial charge >= 0.3 is 0 Å². The van der Waals surface area contributed by atoms with Crippen LogP contribution in [0.15, 0.2) is 85.5 Å². The predicted molar refractivity (Wildman–Crippen MR) is 134 cm³/mol. The summed E-state index contributed by atoms with van der Waals surface area (Å²) >= 11 is 0. The average molecular weight is 468 g/mol. The van der Waals surface area contributed by atoms with Gasteiger partial charge in [0.15, 0.2) is 0 Å². The van der Waals surface area contributed by atoms with Crippen LogP contribution in [0.1, 0.15) is 34.0 Å². The van der Waals surface area contributed by atoms with Crippen LogP contribution in [0.2, 0.25) is 0 Å². The van der Waals surface area contributed by atoms with Crippen molar-refractivity contribution >= 4 is 5.91 Å². The minimum absolute atomic E-state index is 0.0224. The van der Waals surface area contributed by atoms with Gasteiger partial charge in [-0.1, -0.05) is 25.1 Å². The van der Waals surface area contributed by atoms with Crippen molar-refractivity contribution in [1.82, 2.24) is 24.6 Å². The molecule has 0 atom stereocenters. The fraction of sp³-hybridized carbons (Fsp3) is 0.250. The summed E-state index contributed by atoms with van der Waals surface area (Å²) in [6, 6.07) is 19.9. The lowest BCUT2D eigenvalue weighted by molar-refractivity contribution is 0.0733. The molecule has 0 saturated heterocycles. The molecule has 2 aromatic carbocycles. The molecule has 0 spiro atoms. The van der Waals surface area contributed by atoms with E-state index < -0.39 is 0 Å².